The molecule has 0 spiro atoms. The topological polar surface area (TPSA) is 32.3 Å². The minimum Gasteiger partial charge on any atom is -0.334 e. The van der Waals surface area contributed by atoms with Gasteiger partial charge in [-0.1, -0.05) is 36.2 Å². The maximum atomic E-state index is 12.3. The zero-order chi connectivity index (χ0) is 14.0. The molecule has 1 aliphatic heterocycles. The summed E-state index contributed by atoms with van der Waals surface area (Å²) in [6.07, 6.45) is 0.849. The molecule has 1 N–H and O–H groups in total. The largest absolute Gasteiger partial charge is 0.334 e. The van der Waals surface area contributed by atoms with Crippen molar-refractivity contribution in [3.8, 4) is 0 Å². The van der Waals surface area contributed by atoms with Crippen LogP contribution in [0, 0.1) is 0 Å². The molecule has 19 heavy (non-hydrogen) atoms. The highest BCUT2D eigenvalue weighted by atomic mass is 35.5. The second kappa shape index (κ2) is 6.12. The minimum atomic E-state index is -0.0569. The van der Waals surface area contributed by atoms with Gasteiger partial charge in [0.05, 0.1) is 12.1 Å². The van der Waals surface area contributed by atoms with Gasteiger partial charge in [0.25, 0.3) is 0 Å². The fourth-order valence-electron chi connectivity index (χ4n) is 2.53. The Balaban J connectivity index is 2.16. The van der Waals surface area contributed by atoms with E-state index in [0.717, 1.165) is 25.1 Å². The van der Waals surface area contributed by atoms with E-state index in [1.54, 1.807) is 6.07 Å². The van der Waals surface area contributed by atoms with Crippen molar-refractivity contribution in [1.29, 1.82) is 0 Å². The molecule has 104 valence electrons. The van der Waals surface area contributed by atoms with E-state index in [1.165, 1.54) is 0 Å². The van der Waals surface area contributed by atoms with Gasteiger partial charge in [-0.05, 0) is 37.6 Å². The van der Waals surface area contributed by atoms with Crippen molar-refractivity contribution in [1.82, 2.24) is 10.2 Å². The summed E-state index contributed by atoms with van der Waals surface area (Å²) < 4.78 is 0. The van der Waals surface area contributed by atoms with Gasteiger partial charge < -0.3 is 10.2 Å². The maximum absolute atomic E-state index is 12.3. The summed E-state index contributed by atoms with van der Waals surface area (Å²) in [6.45, 7) is 5.58. The predicted octanol–water partition coefficient (Wildman–Crippen LogP) is 3.26. The monoisotopic (exact) mass is 300 g/mol. The highest BCUT2D eigenvalue weighted by Crippen LogP contribution is 2.32. The lowest BCUT2D eigenvalue weighted by Crippen LogP contribution is -2.39. The first-order valence-corrected chi connectivity index (χ1v) is 7.29. The normalized spacial score (nSPS) is 20.9. The van der Waals surface area contributed by atoms with Gasteiger partial charge in [0.15, 0.2) is 0 Å². The molecule has 1 heterocycles. The molecule has 0 saturated carbocycles. The molecule has 0 bridgehead atoms. The van der Waals surface area contributed by atoms with Crippen LogP contribution in [0.4, 0.5) is 0 Å². The molecule has 5 heteroatoms. The number of rotatable bonds is 4. The Kier molecular flexibility index (Phi) is 4.71. The third-order valence-corrected chi connectivity index (χ3v) is 4.13. The van der Waals surface area contributed by atoms with Crippen LogP contribution in [0.3, 0.4) is 0 Å². The summed E-state index contributed by atoms with van der Waals surface area (Å²) >= 11 is 12.1. The Bertz CT molecular complexity index is 479. The number of hydrogen-bond acceptors (Lipinski definition) is 2. The van der Waals surface area contributed by atoms with E-state index >= 15 is 0 Å². The zero-order valence-electron chi connectivity index (χ0n) is 11.1. The number of likely N-dealkylation sites (N-methyl/N-ethyl adjacent to an activating group) is 1. The van der Waals surface area contributed by atoms with Crippen LogP contribution in [0.25, 0.3) is 0 Å². The first kappa shape index (κ1) is 14.6. The first-order valence-electron chi connectivity index (χ1n) is 6.53. The lowest BCUT2D eigenvalue weighted by atomic mass is 10.1. The van der Waals surface area contributed by atoms with E-state index in [9.17, 15) is 4.79 Å². The number of nitrogens with one attached hydrogen (secondary N) is 1. The molecule has 0 aliphatic carbocycles. The van der Waals surface area contributed by atoms with Crippen molar-refractivity contribution in [3.63, 3.8) is 0 Å². The quantitative estimate of drug-likeness (QED) is 0.925. The average Bonchev–Trinajstić information content (AvgIpc) is 2.71. The summed E-state index contributed by atoms with van der Waals surface area (Å²) in [7, 11) is 0. The van der Waals surface area contributed by atoms with E-state index in [1.807, 2.05) is 30.9 Å². The first-order chi connectivity index (χ1) is 9.04. The lowest BCUT2D eigenvalue weighted by molar-refractivity contribution is -0.131. The minimum absolute atomic E-state index is 0.0269. The fourth-order valence-corrected chi connectivity index (χ4v) is 3.10. The SMILES string of the molecule is CCNC1CCN(C(C)c2ccc(Cl)cc2Cl)C1=O. The molecule has 3 nitrogen and oxygen atoms in total. The molecule has 1 aromatic carbocycles. The summed E-state index contributed by atoms with van der Waals surface area (Å²) in [6, 6.07) is 5.33. The van der Waals surface area contributed by atoms with Crippen molar-refractivity contribution in [3.05, 3.63) is 33.8 Å². The van der Waals surface area contributed by atoms with E-state index in [0.29, 0.717) is 10.0 Å². The molecule has 1 amide bonds. The predicted molar refractivity (Wildman–Crippen MR) is 78.7 cm³/mol. The fraction of sp³-hybridized carbons (Fsp3) is 0.500. The molecule has 1 aliphatic rings. The second-order valence-electron chi connectivity index (χ2n) is 4.77. The van der Waals surface area contributed by atoms with Gasteiger partial charge in [0.1, 0.15) is 0 Å². The van der Waals surface area contributed by atoms with Gasteiger partial charge in [0, 0.05) is 16.6 Å². The van der Waals surface area contributed by atoms with Crippen LogP contribution in [-0.4, -0.2) is 29.9 Å². The van der Waals surface area contributed by atoms with E-state index in [2.05, 4.69) is 5.32 Å². The van der Waals surface area contributed by atoms with Crippen LogP contribution >= 0.6 is 23.2 Å². The molecule has 1 aromatic rings. The number of likely N-dealkylation sites (tertiary alicyclic amines) is 1. The molecular weight excluding hydrogens is 283 g/mol. The second-order valence-corrected chi connectivity index (χ2v) is 5.62. The van der Waals surface area contributed by atoms with E-state index in [-0.39, 0.29) is 18.0 Å². The highest BCUT2D eigenvalue weighted by molar-refractivity contribution is 6.35. The highest BCUT2D eigenvalue weighted by Gasteiger charge is 2.34. The third-order valence-electron chi connectivity index (χ3n) is 3.57. The number of nitrogens with zero attached hydrogens (tertiary/aromatic N) is 1. The third kappa shape index (κ3) is 3.04. The van der Waals surface area contributed by atoms with Gasteiger partial charge in [0.2, 0.25) is 5.91 Å². The lowest BCUT2D eigenvalue weighted by Gasteiger charge is -2.26. The van der Waals surface area contributed by atoms with Crippen LogP contribution in [0.5, 0.6) is 0 Å². The van der Waals surface area contributed by atoms with Crippen molar-refractivity contribution >= 4 is 29.1 Å². The summed E-state index contributed by atoms with van der Waals surface area (Å²) in [4.78, 5) is 14.2. The van der Waals surface area contributed by atoms with Crippen molar-refractivity contribution in [2.24, 2.45) is 0 Å². The zero-order valence-corrected chi connectivity index (χ0v) is 12.6. The van der Waals surface area contributed by atoms with Crippen molar-refractivity contribution in [2.75, 3.05) is 13.1 Å². The van der Waals surface area contributed by atoms with Crippen LogP contribution in [-0.2, 0) is 4.79 Å². The number of hydrogen-bond donors (Lipinski definition) is 1. The van der Waals surface area contributed by atoms with Crippen molar-refractivity contribution in [2.45, 2.75) is 32.4 Å². The number of amides is 1. The molecule has 2 rings (SSSR count). The number of benzene rings is 1. The van der Waals surface area contributed by atoms with Crippen molar-refractivity contribution < 1.29 is 4.79 Å². The van der Waals surface area contributed by atoms with Gasteiger partial charge in [-0.2, -0.15) is 0 Å². The van der Waals surface area contributed by atoms with E-state index < -0.39 is 0 Å². The molecule has 0 aromatic heterocycles. The number of carbonyl (C=O) groups is 1. The Morgan fingerprint density at radius 2 is 2.21 bits per heavy atom. The summed E-state index contributed by atoms with van der Waals surface area (Å²) in [5.41, 5.74) is 0.941. The molecule has 1 fully saturated rings. The van der Waals surface area contributed by atoms with Gasteiger partial charge in [-0.3, -0.25) is 4.79 Å². The molecule has 1 saturated heterocycles. The molecule has 0 radical (unpaired) electrons. The number of halogens is 2. The standard InChI is InChI=1S/C14H18Cl2N2O/c1-3-17-13-6-7-18(14(13)19)9(2)11-5-4-10(15)8-12(11)16/h4-5,8-9,13,17H,3,6-7H2,1-2H3. The maximum Gasteiger partial charge on any atom is 0.240 e. The Morgan fingerprint density at radius 3 is 2.84 bits per heavy atom. The van der Waals surface area contributed by atoms with Crippen LogP contribution < -0.4 is 5.32 Å². The summed E-state index contributed by atoms with van der Waals surface area (Å²) in [5.74, 6) is 0.153. The Morgan fingerprint density at radius 1 is 1.47 bits per heavy atom. The van der Waals surface area contributed by atoms with E-state index in [4.69, 9.17) is 23.2 Å². The molecular formula is C14H18Cl2N2O. The Hall–Kier alpha value is -0.770. The smallest absolute Gasteiger partial charge is 0.240 e. The van der Waals surface area contributed by atoms with Gasteiger partial charge >= 0.3 is 0 Å². The summed E-state index contributed by atoms with van der Waals surface area (Å²) in [5, 5.41) is 4.43. The van der Waals surface area contributed by atoms with Gasteiger partial charge in [-0.15, -0.1) is 0 Å². The average molecular weight is 301 g/mol. The van der Waals surface area contributed by atoms with Crippen LogP contribution in [0.2, 0.25) is 10.0 Å². The molecule has 2 unspecified atom stereocenters. The van der Waals surface area contributed by atoms with Crippen LogP contribution in [0.1, 0.15) is 31.9 Å². The van der Waals surface area contributed by atoms with Gasteiger partial charge in [-0.25, -0.2) is 0 Å². The Labute approximate surface area is 123 Å². The number of carbonyl (C=O) groups excluding carboxylic acids is 1. The molecule has 2 atom stereocenters. The van der Waals surface area contributed by atoms with Crippen LogP contribution in [0.15, 0.2) is 18.2 Å².